The smallest absolute Gasteiger partial charge is 0.0297 e. The van der Waals surface area contributed by atoms with Crippen LogP contribution >= 0.6 is 0 Å². The minimum Gasteiger partial charge on any atom is -0.0654 e. The number of hydrogen-bond acceptors (Lipinski definition) is 0. The van der Waals surface area contributed by atoms with Crippen molar-refractivity contribution in [3.05, 3.63) is 0 Å². The highest BCUT2D eigenvalue weighted by atomic mass is 14.3. The summed E-state index contributed by atoms with van der Waals surface area (Å²) in [4.78, 5) is 0. The van der Waals surface area contributed by atoms with Gasteiger partial charge >= 0.3 is 0 Å². The van der Waals surface area contributed by atoms with Crippen molar-refractivity contribution in [3.63, 3.8) is 0 Å². The van der Waals surface area contributed by atoms with Crippen LogP contribution in [0.1, 0.15) is 129 Å². The number of unbranched alkanes of at least 4 members (excludes halogenated alkanes) is 6. The van der Waals surface area contributed by atoms with E-state index < -0.39 is 0 Å². The second-order valence-electron chi connectivity index (χ2n) is 7.74. The van der Waals surface area contributed by atoms with E-state index in [-0.39, 0.29) is 0 Å². The maximum absolute atomic E-state index is 2.33. The van der Waals surface area contributed by atoms with Crippen LogP contribution < -0.4 is 0 Å². The summed E-state index contributed by atoms with van der Waals surface area (Å²) in [6, 6.07) is 0. The van der Waals surface area contributed by atoms with Crippen LogP contribution in [0.5, 0.6) is 0 Å². The fourth-order valence-electron chi connectivity index (χ4n) is 4.31. The fraction of sp³-hybridized carbons (Fsp3) is 1.00. The predicted molar refractivity (Wildman–Crippen MR) is 96.9 cm³/mol. The summed E-state index contributed by atoms with van der Waals surface area (Å²) >= 11 is 0. The van der Waals surface area contributed by atoms with Crippen LogP contribution in [0.15, 0.2) is 0 Å². The topological polar surface area (TPSA) is 0 Å². The molecule has 1 aliphatic carbocycles. The molecule has 1 rings (SSSR count). The summed E-state index contributed by atoms with van der Waals surface area (Å²) in [6.45, 7) is 4.67. The molecule has 0 saturated heterocycles. The third-order valence-electron chi connectivity index (χ3n) is 5.79. The highest BCUT2D eigenvalue weighted by Gasteiger charge is 2.28. The molecule has 0 aromatic carbocycles. The first-order chi connectivity index (χ1) is 10.3. The van der Waals surface area contributed by atoms with E-state index in [1.807, 2.05) is 0 Å². The summed E-state index contributed by atoms with van der Waals surface area (Å²) in [5.41, 5.74) is 0.742. The van der Waals surface area contributed by atoms with Crippen molar-refractivity contribution >= 4 is 0 Å². The Balaban J connectivity index is 2.47. The zero-order valence-electron chi connectivity index (χ0n) is 15.2. The zero-order valence-corrected chi connectivity index (χ0v) is 15.2. The van der Waals surface area contributed by atoms with Gasteiger partial charge in [0.2, 0.25) is 0 Å². The first-order valence-corrected chi connectivity index (χ1v) is 10.3. The van der Waals surface area contributed by atoms with Gasteiger partial charge < -0.3 is 0 Å². The lowest BCUT2D eigenvalue weighted by Crippen LogP contribution is -2.21. The highest BCUT2D eigenvalue weighted by Crippen LogP contribution is 2.42. The zero-order chi connectivity index (χ0) is 15.2. The third kappa shape index (κ3) is 8.89. The Kier molecular flexibility index (Phi) is 11.4. The molecule has 0 spiro atoms. The molecule has 0 radical (unpaired) electrons. The molecule has 0 heterocycles. The lowest BCUT2D eigenvalue weighted by atomic mass is 9.71. The van der Waals surface area contributed by atoms with Gasteiger partial charge in [-0.15, -0.1) is 0 Å². The molecule has 0 amide bonds. The molecular formula is C21H42. The van der Waals surface area contributed by atoms with Crippen LogP contribution in [-0.2, 0) is 0 Å². The average Bonchev–Trinajstić information content (AvgIpc) is 2.61. The third-order valence-corrected chi connectivity index (χ3v) is 5.79. The van der Waals surface area contributed by atoms with Crippen molar-refractivity contribution in [1.82, 2.24) is 0 Å². The Morgan fingerprint density at radius 3 is 1.38 bits per heavy atom. The van der Waals surface area contributed by atoms with Crippen LogP contribution in [0.25, 0.3) is 0 Å². The van der Waals surface area contributed by atoms with E-state index in [0.717, 1.165) is 5.41 Å². The lowest BCUT2D eigenvalue weighted by Gasteiger charge is -2.34. The van der Waals surface area contributed by atoms with Crippen molar-refractivity contribution in [2.24, 2.45) is 5.41 Å². The van der Waals surface area contributed by atoms with Gasteiger partial charge in [-0.3, -0.25) is 0 Å². The SMILES string of the molecule is CCCCCCC1(CCCCCC)CCCCCCCC1. The van der Waals surface area contributed by atoms with Gasteiger partial charge in [0.1, 0.15) is 0 Å². The van der Waals surface area contributed by atoms with Crippen molar-refractivity contribution in [3.8, 4) is 0 Å². The van der Waals surface area contributed by atoms with Crippen molar-refractivity contribution in [2.45, 2.75) is 129 Å². The Bertz CT molecular complexity index is 194. The minimum absolute atomic E-state index is 0.742. The van der Waals surface area contributed by atoms with Crippen molar-refractivity contribution in [1.29, 1.82) is 0 Å². The molecule has 0 unspecified atom stereocenters. The van der Waals surface area contributed by atoms with Crippen LogP contribution in [0.4, 0.5) is 0 Å². The Labute approximate surface area is 135 Å². The molecule has 0 aromatic rings. The minimum atomic E-state index is 0.742. The highest BCUT2D eigenvalue weighted by molar-refractivity contribution is 4.80. The van der Waals surface area contributed by atoms with Gasteiger partial charge in [0.05, 0.1) is 0 Å². The van der Waals surface area contributed by atoms with Crippen LogP contribution in [0, 0.1) is 5.41 Å². The van der Waals surface area contributed by atoms with Gasteiger partial charge in [-0.05, 0) is 31.1 Å². The fourth-order valence-corrected chi connectivity index (χ4v) is 4.31. The maximum Gasteiger partial charge on any atom is -0.0297 e. The van der Waals surface area contributed by atoms with Gasteiger partial charge in [-0.25, -0.2) is 0 Å². The summed E-state index contributed by atoms with van der Waals surface area (Å²) in [5.74, 6) is 0. The van der Waals surface area contributed by atoms with Gasteiger partial charge in [-0.1, -0.05) is 104 Å². The molecule has 1 fully saturated rings. The van der Waals surface area contributed by atoms with Crippen molar-refractivity contribution in [2.75, 3.05) is 0 Å². The quantitative estimate of drug-likeness (QED) is 0.357. The number of hydrogen-bond donors (Lipinski definition) is 0. The second-order valence-corrected chi connectivity index (χ2v) is 7.74. The van der Waals surface area contributed by atoms with Crippen molar-refractivity contribution < 1.29 is 0 Å². The van der Waals surface area contributed by atoms with Crippen LogP contribution in [0.2, 0.25) is 0 Å². The van der Waals surface area contributed by atoms with E-state index in [4.69, 9.17) is 0 Å². The molecule has 21 heavy (non-hydrogen) atoms. The summed E-state index contributed by atoms with van der Waals surface area (Å²) in [7, 11) is 0. The molecule has 0 aliphatic heterocycles. The van der Waals surface area contributed by atoms with E-state index in [2.05, 4.69) is 13.8 Å². The van der Waals surface area contributed by atoms with Crippen LogP contribution in [0.3, 0.4) is 0 Å². The standard InChI is InChI=1S/C21H42/c1-3-5-7-13-17-21(18-14-8-6-4-2)19-15-11-9-10-12-16-20-21/h3-20H2,1-2H3. The average molecular weight is 295 g/mol. The lowest BCUT2D eigenvalue weighted by molar-refractivity contribution is 0.177. The summed E-state index contributed by atoms with van der Waals surface area (Å²) < 4.78 is 0. The first-order valence-electron chi connectivity index (χ1n) is 10.3. The predicted octanol–water partition coefficient (Wildman–Crippen LogP) is 8.05. The Morgan fingerprint density at radius 1 is 0.524 bits per heavy atom. The Hall–Kier alpha value is 0. The largest absolute Gasteiger partial charge is 0.0654 e. The molecule has 1 saturated carbocycles. The monoisotopic (exact) mass is 294 g/mol. The molecule has 0 bridgehead atoms. The molecule has 0 nitrogen and oxygen atoms in total. The normalized spacial score (nSPS) is 19.7. The molecule has 0 N–H and O–H groups in total. The van der Waals surface area contributed by atoms with E-state index in [9.17, 15) is 0 Å². The first kappa shape index (κ1) is 19.0. The van der Waals surface area contributed by atoms with Gasteiger partial charge in [0.15, 0.2) is 0 Å². The summed E-state index contributed by atoms with van der Waals surface area (Å²) in [5, 5.41) is 0. The molecular weight excluding hydrogens is 252 g/mol. The van der Waals surface area contributed by atoms with E-state index in [0.29, 0.717) is 0 Å². The Morgan fingerprint density at radius 2 is 0.952 bits per heavy atom. The maximum atomic E-state index is 2.33. The second kappa shape index (κ2) is 12.5. The van der Waals surface area contributed by atoms with Gasteiger partial charge in [-0.2, -0.15) is 0 Å². The molecule has 0 heteroatoms. The van der Waals surface area contributed by atoms with E-state index >= 15 is 0 Å². The number of rotatable bonds is 10. The van der Waals surface area contributed by atoms with Gasteiger partial charge in [0, 0.05) is 0 Å². The molecule has 0 aromatic heterocycles. The summed E-state index contributed by atoms with van der Waals surface area (Å²) in [6.07, 6.45) is 26.8. The van der Waals surface area contributed by atoms with Gasteiger partial charge in [0.25, 0.3) is 0 Å². The van der Waals surface area contributed by atoms with E-state index in [1.165, 1.54) is 89.9 Å². The van der Waals surface area contributed by atoms with Crippen LogP contribution in [-0.4, -0.2) is 0 Å². The molecule has 1 aliphatic rings. The van der Waals surface area contributed by atoms with E-state index in [1.54, 1.807) is 25.7 Å². The molecule has 126 valence electrons. The molecule has 0 atom stereocenters.